The first-order valence-corrected chi connectivity index (χ1v) is 10.9. The topological polar surface area (TPSA) is 43.4 Å². The van der Waals surface area contributed by atoms with Crippen LogP contribution in [0, 0.1) is 0 Å². The summed E-state index contributed by atoms with van der Waals surface area (Å²) in [5.41, 5.74) is -0.103. The Morgan fingerprint density at radius 2 is 0.935 bits per heavy atom. The van der Waals surface area contributed by atoms with E-state index < -0.39 is 11.9 Å². The number of hydrogen-bond acceptors (Lipinski definition) is 3. The number of benzene rings is 4. The number of carbonyl (C=O) groups excluding carboxylic acids is 2. The predicted octanol–water partition coefficient (Wildman–Crippen LogP) is 8.91. The van der Waals surface area contributed by atoms with Gasteiger partial charge >= 0.3 is 11.9 Å². The molecule has 0 saturated heterocycles. The van der Waals surface area contributed by atoms with Gasteiger partial charge in [-0.25, -0.2) is 9.59 Å². The van der Waals surface area contributed by atoms with Crippen molar-refractivity contribution in [3.8, 4) is 0 Å². The molecule has 0 unspecified atom stereocenters. The molecule has 156 valence electrons. The van der Waals surface area contributed by atoms with Crippen LogP contribution in [0.4, 0.5) is 0 Å². The van der Waals surface area contributed by atoms with Crippen molar-refractivity contribution in [1.82, 2.24) is 0 Å². The van der Waals surface area contributed by atoms with Gasteiger partial charge in [0.2, 0.25) is 0 Å². The zero-order chi connectivity index (χ0) is 22.4. The highest BCUT2D eigenvalue weighted by Crippen LogP contribution is 2.39. The number of ether oxygens (including phenoxy) is 1. The highest BCUT2D eigenvalue weighted by Gasteiger charge is 2.26. The van der Waals surface area contributed by atoms with Crippen LogP contribution in [0.3, 0.4) is 0 Å². The van der Waals surface area contributed by atoms with Gasteiger partial charge in [-0.3, -0.25) is 0 Å². The molecule has 0 bridgehead atoms. The van der Waals surface area contributed by atoms with E-state index in [0.717, 1.165) is 0 Å². The number of esters is 2. The number of carbonyl (C=O) groups is 2. The van der Waals surface area contributed by atoms with Gasteiger partial charge in [0.05, 0.1) is 31.2 Å². The summed E-state index contributed by atoms with van der Waals surface area (Å²) in [6.45, 7) is 0. The minimum absolute atomic E-state index is 0.00710. The summed E-state index contributed by atoms with van der Waals surface area (Å²) in [5.74, 6) is -1.97. The predicted molar refractivity (Wildman–Crippen MR) is 128 cm³/mol. The Bertz CT molecular complexity index is 1310. The second-order valence-corrected chi connectivity index (χ2v) is 8.88. The third kappa shape index (κ3) is 3.95. The maximum atomic E-state index is 13.0. The van der Waals surface area contributed by atoms with Crippen molar-refractivity contribution in [2.24, 2.45) is 0 Å². The van der Waals surface area contributed by atoms with E-state index >= 15 is 0 Å². The Labute approximate surface area is 206 Å². The summed E-state index contributed by atoms with van der Waals surface area (Å²) in [6.07, 6.45) is 0. The van der Waals surface area contributed by atoms with E-state index in [0.29, 0.717) is 31.6 Å². The van der Waals surface area contributed by atoms with E-state index in [1.807, 2.05) is 0 Å². The van der Waals surface area contributed by atoms with Crippen molar-refractivity contribution in [2.45, 2.75) is 0 Å². The lowest BCUT2D eigenvalue weighted by molar-refractivity contribution is 0.0401. The molecule has 9 heteroatoms. The van der Waals surface area contributed by atoms with Crippen LogP contribution in [-0.4, -0.2) is 11.9 Å². The van der Waals surface area contributed by atoms with E-state index in [2.05, 4.69) is 0 Å². The Hall–Kier alpha value is -1.72. The molecule has 0 atom stereocenters. The zero-order valence-corrected chi connectivity index (χ0v) is 19.6. The van der Waals surface area contributed by atoms with Crippen LogP contribution in [0.1, 0.15) is 20.7 Å². The smallest absolute Gasteiger partial charge is 0.348 e. The Kier molecular flexibility index (Phi) is 6.28. The Balaban J connectivity index is 1.82. The van der Waals surface area contributed by atoms with E-state index in [1.54, 1.807) is 36.4 Å². The third-order valence-electron chi connectivity index (χ3n) is 4.62. The maximum absolute atomic E-state index is 13.0. The standard InChI is InChI=1S/C22H8Cl6O3/c23-11-5-1-3-9-17(11)13(25)7-15(27)19(9)21(29)31-22(30)20-10-4-2-6-12(24)18(10)14(26)8-16(20)28/h1-8H. The van der Waals surface area contributed by atoms with Gasteiger partial charge in [-0.1, -0.05) is 93.9 Å². The minimum Gasteiger partial charge on any atom is -0.386 e. The molecule has 4 aromatic rings. The Morgan fingerprint density at radius 1 is 0.548 bits per heavy atom. The van der Waals surface area contributed by atoms with Crippen LogP contribution in [0.25, 0.3) is 21.5 Å². The SMILES string of the molecule is O=C(OC(=O)c1c(Cl)cc(Cl)c2c(Cl)cccc12)c1c(Cl)cc(Cl)c2c(Cl)cccc12. The molecule has 0 spiro atoms. The van der Waals surface area contributed by atoms with Gasteiger partial charge in [0.1, 0.15) is 0 Å². The van der Waals surface area contributed by atoms with E-state index in [4.69, 9.17) is 74.3 Å². The van der Waals surface area contributed by atoms with Gasteiger partial charge < -0.3 is 4.74 Å². The highest BCUT2D eigenvalue weighted by molar-refractivity contribution is 6.47. The largest absolute Gasteiger partial charge is 0.386 e. The number of halogens is 6. The normalized spacial score (nSPS) is 11.2. The van der Waals surface area contributed by atoms with Crippen molar-refractivity contribution in [3.05, 3.63) is 89.8 Å². The summed E-state index contributed by atoms with van der Waals surface area (Å²) in [6, 6.07) is 12.4. The van der Waals surface area contributed by atoms with Gasteiger partial charge in [0.15, 0.2) is 0 Å². The first-order chi connectivity index (χ1) is 14.7. The molecule has 0 fully saturated rings. The summed E-state index contributed by atoms with van der Waals surface area (Å²) in [7, 11) is 0. The van der Waals surface area contributed by atoms with Gasteiger partial charge in [0.25, 0.3) is 0 Å². The minimum atomic E-state index is -0.986. The first kappa shape index (κ1) is 22.5. The highest BCUT2D eigenvalue weighted by atomic mass is 35.5. The second-order valence-electron chi connectivity index (χ2n) is 6.43. The molecule has 0 heterocycles. The zero-order valence-electron chi connectivity index (χ0n) is 15.1. The molecule has 0 aliphatic carbocycles. The molecule has 3 nitrogen and oxygen atoms in total. The second kappa shape index (κ2) is 8.67. The van der Waals surface area contributed by atoms with Gasteiger partial charge in [-0.05, 0) is 24.3 Å². The van der Waals surface area contributed by atoms with Crippen LogP contribution in [0.2, 0.25) is 30.1 Å². The monoisotopic (exact) mass is 530 g/mol. The molecule has 0 aliphatic rings. The molecular formula is C22H8Cl6O3. The van der Waals surface area contributed by atoms with Crippen LogP contribution in [0.5, 0.6) is 0 Å². The Morgan fingerprint density at radius 3 is 1.32 bits per heavy atom. The summed E-state index contributed by atoms with van der Waals surface area (Å²) >= 11 is 37.4. The average molecular weight is 533 g/mol. The molecule has 0 aliphatic heterocycles. The number of rotatable bonds is 2. The van der Waals surface area contributed by atoms with Gasteiger partial charge in [0, 0.05) is 31.6 Å². The van der Waals surface area contributed by atoms with Crippen molar-refractivity contribution < 1.29 is 14.3 Å². The molecule has 0 saturated carbocycles. The van der Waals surface area contributed by atoms with E-state index in [-0.39, 0.29) is 31.2 Å². The summed E-state index contributed by atoms with van der Waals surface area (Å²) in [4.78, 5) is 25.9. The van der Waals surface area contributed by atoms with Crippen LogP contribution in [0.15, 0.2) is 48.5 Å². The fraction of sp³-hybridized carbons (Fsp3) is 0. The van der Waals surface area contributed by atoms with Crippen LogP contribution >= 0.6 is 69.6 Å². The molecular weight excluding hydrogens is 525 g/mol. The lowest BCUT2D eigenvalue weighted by atomic mass is 10.0. The lowest BCUT2D eigenvalue weighted by Crippen LogP contribution is -2.15. The first-order valence-electron chi connectivity index (χ1n) is 8.59. The fourth-order valence-electron chi connectivity index (χ4n) is 3.32. The number of fused-ring (bicyclic) bond motifs is 2. The molecule has 0 N–H and O–H groups in total. The molecule has 0 aromatic heterocycles. The van der Waals surface area contributed by atoms with Gasteiger partial charge in [-0.15, -0.1) is 0 Å². The van der Waals surface area contributed by atoms with Crippen molar-refractivity contribution in [2.75, 3.05) is 0 Å². The lowest BCUT2D eigenvalue weighted by Gasteiger charge is -2.13. The van der Waals surface area contributed by atoms with Gasteiger partial charge in [-0.2, -0.15) is 0 Å². The fourth-order valence-corrected chi connectivity index (χ4v) is 5.28. The summed E-state index contributed by atoms with van der Waals surface area (Å²) < 4.78 is 5.14. The summed E-state index contributed by atoms with van der Waals surface area (Å²) in [5, 5.41) is 2.69. The average Bonchev–Trinajstić information content (AvgIpc) is 2.67. The quantitative estimate of drug-likeness (QED) is 0.191. The van der Waals surface area contributed by atoms with E-state index in [1.165, 1.54) is 12.1 Å². The molecule has 4 rings (SSSR count). The van der Waals surface area contributed by atoms with Crippen molar-refractivity contribution in [3.63, 3.8) is 0 Å². The third-order valence-corrected chi connectivity index (χ3v) is 6.44. The van der Waals surface area contributed by atoms with Crippen molar-refractivity contribution in [1.29, 1.82) is 0 Å². The van der Waals surface area contributed by atoms with E-state index in [9.17, 15) is 9.59 Å². The molecule has 0 amide bonds. The molecule has 4 aromatic carbocycles. The van der Waals surface area contributed by atoms with Crippen LogP contribution in [-0.2, 0) is 4.74 Å². The number of hydrogen-bond donors (Lipinski definition) is 0. The van der Waals surface area contributed by atoms with Crippen LogP contribution < -0.4 is 0 Å². The van der Waals surface area contributed by atoms with Crippen molar-refractivity contribution >= 4 is 103 Å². The molecule has 0 radical (unpaired) electrons. The molecule has 31 heavy (non-hydrogen) atoms. The maximum Gasteiger partial charge on any atom is 0.348 e.